The third-order valence-corrected chi connectivity index (χ3v) is 3.95. The van der Waals surface area contributed by atoms with Crippen molar-refractivity contribution in [3.63, 3.8) is 0 Å². The van der Waals surface area contributed by atoms with Gasteiger partial charge in [0.25, 0.3) is 0 Å². The van der Waals surface area contributed by atoms with E-state index in [-0.39, 0.29) is 0 Å². The third kappa shape index (κ3) is 6.15. The predicted octanol–water partition coefficient (Wildman–Crippen LogP) is 5.52. The quantitative estimate of drug-likeness (QED) is 0.576. The molecule has 1 rings (SSSR count). The molecule has 1 aromatic carbocycles. The Balaban J connectivity index is 2.27. The predicted molar refractivity (Wildman–Crippen MR) is 85.6 cm³/mol. The third-order valence-electron chi connectivity index (χ3n) is 3.64. The number of hydrogen-bond acceptors (Lipinski definition) is 2. The lowest BCUT2D eigenvalue weighted by Gasteiger charge is -2.13. The van der Waals surface area contributed by atoms with Gasteiger partial charge in [0, 0.05) is 0 Å². The maximum Gasteiger partial charge on any atom is 0.137 e. The van der Waals surface area contributed by atoms with E-state index in [1.165, 1.54) is 38.5 Å². The van der Waals surface area contributed by atoms with Crippen molar-refractivity contribution in [3.8, 4) is 5.75 Å². The highest BCUT2D eigenvalue weighted by atomic mass is 35.5. The molecule has 2 nitrogen and oxygen atoms in total. The number of hydrogen-bond donors (Lipinski definition) is 1. The van der Waals surface area contributed by atoms with Crippen LogP contribution < -0.4 is 4.74 Å². The Morgan fingerprint density at radius 2 is 1.75 bits per heavy atom. The monoisotopic (exact) mass is 298 g/mol. The van der Waals surface area contributed by atoms with Crippen LogP contribution in [0, 0.1) is 0 Å². The second-order valence-electron chi connectivity index (χ2n) is 5.32. The molecule has 0 bridgehead atoms. The Bertz CT molecular complexity index is 379. The number of ether oxygens (including phenoxy) is 1. The van der Waals surface area contributed by atoms with Crippen LogP contribution in [-0.4, -0.2) is 12.2 Å². The van der Waals surface area contributed by atoms with E-state index < -0.39 is 6.10 Å². The van der Waals surface area contributed by atoms with Crippen LogP contribution in [0.25, 0.3) is 0 Å². The van der Waals surface area contributed by atoms with Gasteiger partial charge in [-0.1, -0.05) is 69.5 Å². The first-order valence-corrected chi connectivity index (χ1v) is 8.08. The van der Waals surface area contributed by atoms with Crippen molar-refractivity contribution in [1.29, 1.82) is 0 Å². The van der Waals surface area contributed by atoms with Crippen molar-refractivity contribution in [2.75, 3.05) is 7.11 Å². The van der Waals surface area contributed by atoms with E-state index in [1.807, 2.05) is 12.1 Å². The van der Waals surface area contributed by atoms with Crippen LogP contribution in [0.2, 0.25) is 5.02 Å². The normalized spacial score (nSPS) is 12.4. The van der Waals surface area contributed by atoms with E-state index in [4.69, 9.17) is 16.3 Å². The highest BCUT2D eigenvalue weighted by molar-refractivity contribution is 6.32. The van der Waals surface area contributed by atoms with Gasteiger partial charge in [-0.2, -0.15) is 0 Å². The summed E-state index contributed by atoms with van der Waals surface area (Å²) in [7, 11) is 1.59. The zero-order valence-corrected chi connectivity index (χ0v) is 13.5. The molecule has 1 unspecified atom stereocenters. The molecular formula is C17H27ClO2. The molecule has 0 saturated carbocycles. The Morgan fingerprint density at radius 3 is 2.40 bits per heavy atom. The topological polar surface area (TPSA) is 29.5 Å². The molecule has 0 aliphatic heterocycles. The van der Waals surface area contributed by atoms with Crippen molar-refractivity contribution < 1.29 is 9.84 Å². The fraction of sp³-hybridized carbons (Fsp3) is 0.647. The van der Waals surface area contributed by atoms with E-state index in [2.05, 4.69) is 6.92 Å². The van der Waals surface area contributed by atoms with Crippen molar-refractivity contribution >= 4 is 11.6 Å². The summed E-state index contributed by atoms with van der Waals surface area (Å²) in [5.41, 5.74) is 0.886. The lowest BCUT2D eigenvalue weighted by atomic mass is 10.0. The summed E-state index contributed by atoms with van der Waals surface area (Å²) in [4.78, 5) is 0. The first-order chi connectivity index (χ1) is 9.69. The van der Waals surface area contributed by atoms with Gasteiger partial charge in [0.1, 0.15) is 5.75 Å². The van der Waals surface area contributed by atoms with Gasteiger partial charge in [0.15, 0.2) is 0 Å². The molecule has 0 spiro atoms. The van der Waals surface area contributed by atoms with E-state index in [0.29, 0.717) is 10.8 Å². The van der Waals surface area contributed by atoms with E-state index in [1.54, 1.807) is 13.2 Å². The van der Waals surface area contributed by atoms with Gasteiger partial charge in [-0.25, -0.2) is 0 Å². The van der Waals surface area contributed by atoms with Gasteiger partial charge in [0.05, 0.1) is 18.2 Å². The van der Waals surface area contributed by atoms with Crippen LogP contribution in [0.5, 0.6) is 5.75 Å². The van der Waals surface area contributed by atoms with Crippen LogP contribution >= 0.6 is 11.6 Å². The number of methoxy groups -OCH3 is 1. The fourth-order valence-electron chi connectivity index (χ4n) is 2.35. The van der Waals surface area contributed by atoms with Crippen molar-refractivity contribution in [2.45, 2.75) is 64.4 Å². The number of aliphatic hydroxyl groups is 1. The Morgan fingerprint density at radius 1 is 1.10 bits per heavy atom. The molecule has 0 aliphatic carbocycles. The zero-order chi connectivity index (χ0) is 14.8. The van der Waals surface area contributed by atoms with E-state index in [0.717, 1.165) is 18.4 Å². The lowest BCUT2D eigenvalue weighted by molar-refractivity contribution is 0.163. The van der Waals surface area contributed by atoms with Gasteiger partial charge in [-0.15, -0.1) is 0 Å². The molecule has 3 heteroatoms. The van der Waals surface area contributed by atoms with Gasteiger partial charge < -0.3 is 9.84 Å². The number of halogens is 1. The van der Waals surface area contributed by atoms with Gasteiger partial charge in [-0.05, 0) is 24.1 Å². The zero-order valence-electron chi connectivity index (χ0n) is 12.7. The van der Waals surface area contributed by atoms with Crippen LogP contribution in [-0.2, 0) is 0 Å². The molecule has 0 radical (unpaired) electrons. The second-order valence-corrected chi connectivity index (χ2v) is 5.73. The summed E-state index contributed by atoms with van der Waals surface area (Å²) in [6.07, 6.45) is 9.21. The first kappa shape index (κ1) is 17.3. The number of rotatable bonds is 10. The van der Waals surface area contributed by atoms with E-state index in [9.17, 15) is 5.11 Å². The van der Waals surface area contributed by atoms with Crippen LogP contribution in [0.4, 0.5) is 0 Å². The molecule has 0 amide bonds. The summed E-state index contributed by atoms with van der Waals surface area (Å²) >= 11 is 5.98. The smallest absolute Gasteiger partial charge is 0.137 e. The Hall–Kier alpha value is -0.730. The molecule has 20 heavy (non-hydrogen) atoms. The minimum Gasteiger partial charge on any atom is -0.495 e. The summed E-state index contributed by atoms with van der Waals surface area (Å²) in [5, 5.41) is 10.8. The molecule has 0 heterocycles. The summed E-state index contributed by atoms with van der Waals surface area (Å²) in [6.45, 7) is 2.23. The molecule has 0 aliphatic rings. The summed E-state index contributed by atoms with van der Waals surface area (Å²) in [6, 6.07) is 5.48. The Kier molecular flexibility index (Phi) is 8.72. The fourth-order valence-corrected chi connectivity index (χ4v) is 2.54. The largest absolute Gasteiger partial charge is 0.495 e. The molecular weight excluding hydrogens is 272 g/mol. The molecule has 1 aromatic rings. The number of aliphatic hydroxyl groups excluding tert-OH is 1. The van der Waals surface area contributed by atoms with Gasteiger partial charge in [-0.3, -0.25) is 0 Å². The average Bonchev–Trinajstić information content (AvgIpc) is 2.46. The molecule has 1 atom stereocenters. The highest BCUT2D eigenvalue weighted by Gasteiger charge is 2.10. The number of benzene rings is 1. The molecule has 0 saturated heterocycles. The number of unbranched alkanes of at least 4 members (excludes halogenated alkanes) is 6. The molecule has 0 aromatic heterocycles. The molecule has 0 fully saturated rings. The summed E-state index contributed by atoms with van der Waals surface area (Å²) < 4.78 is 5.17. The van der Waals surface area contributed by atoms with Crippen molar-refractivity contribution in [2.24, 2.45) is 0 Å². The highest BCUT2D eigenvalue weighted by Crippen LogP contribution is 2.29. The minimum atomic E-state index is -0.420. The second kappa shape index (κ2) is 10.1. The van der Waals surface area contributed by atoms with Gasteiger partial charge >= 0.3 is 0 Å². The molecule has 114 valence electrons. The van der Waals surface area contributed by atoms with Crippen molar-refractivity contribution in [1.82, 2.24) is 0 Å². The van der Waals surface area contributed by atoms with Crippen LogP contribution in [0.3, 0.4) is 0 Å². The van der Waals surface area contributed by atoms with Crippen LogP contribution in [0.15, 0.2) is 18.2 Å². The van der Waals surface area contributed by atoms with Gasteiger partial charge in [0.2, 0.25) is 0 Å². The average molecular weight is 299 g/mol. The standard InChI is InChI=1S/C17H27ClO2/c1-3-4-5-6-7-8-9-10-16(19)14-11-12-15(18)17(13-14)20-2/h11-13,16,19H,3-10H2,1-2H3. The van der Waals surface area contributed by atoms with E-state index >= 15 is 0 Å². The maximum absolute atomic E-state index is 10.2. The maximum atomic E-state index is 10.2. The Labute approximate surface area is 128 Å². The summed E-state index contributed by atoms with van der Waals surface area (Å²) in [5.74, 6) is 0.628. The first-order valence-electron chi connectivity index (χ1n) is 7.70. The van der Waals surface area contributed by atoms with Crippen LogP contribution in [0.1, 0.15) is 70.0 Å². The SMILES string of the molecule is CCCCCCCCCC(O)c1ccc(Cl)c(OC)c1. The molecule has 1 N–H and O–H groups in total. The lowest BCUT2D eigenvalue weighted by Crippen LogP contribution is -1.98. The van der Waals surface area contributed by atoms with Crippen molar-refractivity contribution in [3.05, 3.63) is 28.8 Å². The minimum absolute atomic E-state index is 0.420.